The fraction of sp³-hybridized carbons (Fsp3) is 0.333. The van der Waals surface area contributed by atoms with Crippen LogP contribution in [0.4, 0.5) is 11.4 Å². The van der Waals surface area contributed by atoms with E-state index in [0.29, 0.717) is 5.69 Å². The summed E-state index contributed by atoms with van der Waals surface area (Å²) in [4.78, 5) is 36.6. The number of nitrogens with zero attached hydrogens (tertiary/aromatic N) is 2. The van der Waals surface area contributed by atoms with E-state index in [0.717, 1.165) is 4.90 Å². The summed E-state index contributed by atoms with van der Waals surface area (Å²) in [6, 6.07) is 5.42. The van der Waals surface area contributed by atoms with Gasteiger partial charge in [0.15, 0.2) is 0 Å². The maximum Gasteiger partial charge on any atom is 0.269 e. The summed E-state index contributed by atoms with van der Waals surface area (Å²) >= 11 is 0. The molecule has 3 aliphatic rings. The molecule has 7 heteroatoms. The van der Waals surface area contributed by atoms with E-state index in [-0.39, 0.29) is 23.6 Å². The lowest BCUT2D eigenvalue weighted by Crippen LogP contribution is -2.38. The summed E-state index contributed by atoms with van der Waals surface area (Å²) in [6.45, 7) is 1.80. The van der Waals surface area contributed by atoms with Gasteiger partial charge in [0.2, 0.25) is 11.8 Å². The number of nitro groups is 1. The molecule has 7 nitrogen and oxygen atoms in total. The van der Waals surface area contributed by atoms with Gasteiger partial charge in [-0.15, -0.1) is 0 Å². The fourth-order valence-corrected chi connectivity index (χ4v) is 3.63. The van der Waals surface area contributed by atoms with E-state index in [1.54, 1.807) is 6.92 Å². The van der Waals surface area contributed by atoms with E-state index in [4.69, 9.17) is 4.74 Å². The Bertz CT molecular complexity index is 741. The van der Waals surface area contributed by atoms with Crippen molar-refractivity contribution >= 4 is 23.2 Å². The second kappa shape index (κ2) is 4.01. The second-order valence-corrected chi connectivity index (χ2v) is 5.91. The average molecular weight is 300 g/mol. The Kier molecular flexibility index (Phi) is 2.40. The number of imide groups is 1. The maximum absolute atomic E-state index is 12.7. The molecule has 1 aromatic rings. The number of non-ortho nitro benzene ring substituents is 1. The molecule has 4 atom stereocenters. The van der Waals surface area contributed by atoms with Crippen molar-refractivity contribution in [3.8, 4) is 0 Å². The van der Waals surface area contributed by atoms with Gasteiger partial charge in [-0.1, -0.05) is 12.2 Å². The van der Waals surface area contributed by atoms with Gasteiger partial charge >= 0.3 is 0 Å². The molecule has 0 N–H and O–H groups in total. The van der Waals surface area contributed by atoms with Crippen molar-refractivity contribution < 1.29 is 19.2 Å². The highest BCUT2D eigenvalue weighted by molar-refractivity contribution is 6.23. The Morgan fingerprint density at radius 3 is 2.50 bits per heavy atom. The first kappa shape index (κ1) is 13.1. The normalized spacial score (nSPS) is 35.3. The highest BCUT2D eigenvalue weighted by Gasteiger charge is 2.66. The van der Waals surface area contributed by atoms with E-state index in [2.05, 4.69) is 0 Å². The summed E-state index contributed by atoms with van der Waals surface area (Å²) in [5.74, 6) is -1.64. The summed E-state index contributed by atoms with van der Waals surface area (Å²) in [5.41, 5.74) is -0.462. The van der Waals surface area contributed by atoms with Crippen LogP contribution in [-0.2, 0) is 14.3 Å². The van der Waals surface area contributed by atoms with E-state index in [1.807, 2.05) is 12.2 Å². The lowest BCUT2D eigenvalue weighted by molar-refractivity contribution is -0.384. The van der Waals surface area contributed by atoms with Crippen LogP contribution >= 0.6 is 0 Å². The monoisotopic (exact) mass is 300 g/mol. The van der Waals surface area contributed by atoms with Gasteiger partial charge in [-0.25, -0.2) is 4.90 Å². The standard InChI is InChI=1S/C15H12N2O5/c1-15-7-6-10(22-15)11-12(15)14(19)16(13(11)18)8-2-4-9(5-3-8)17(20)21/h2-7,10-12H,1H3/t10-,11-,12+,15+/m0/s1. The van der Waals surface area contributed by atoms with E-state index < -0.39 is 22.4 Å². The molecule has 0 unspecified atom stereocenters. The van der Waals surface area contributed by atoms with Gasteiger partial charge in [-0.05, 0) is 19.1 Å². The number of amides is 2. The first-order valence-corrected chi connectivity index (χ1v) is 6.92. The second-order valence-electron chi connectivity index (χ2n) is 5.91. The van der Waals surface area contributed by atoms with Gasteiger partial charge in [0, 0.05) is 12.1 Å². The molecule has 2 amide bonds. The molecule has 0 radical (unpaired) electrons. The fourth-order valence-electron chi connectivity index (χ4n) is 3.63. The van der Waals surface area contributed by atoms with E-state index >= 15 is 0 Å². The van der Waals surface area contributed by atoms with Crippen molar-refractivity contribution in [2.24, 2.45) is 11.8 Å². The lowest BCUT2D eigenvalue weighted by Gasteiger charge is -2.24. The molecule has 0 aliphatic carbocycles. The minimum absolute atomic E-state index is 0.0833. The van der Waals surface area contributed by atoms with Crippen LogP contribution in [0.5, 0.6) is 0 Å². The molecule has 3 aliphatic heterocycles. The molecule has 4 rings (SSSR count). The zero-order chi connectivity index (χ0) is 15.6. The molecule has 112 valence electrons. The molecule has 2 fully saturated rings. The number of fused-ring (bicyclic) bond motifs is 5. The van der Waals surface area contributed by atoms with E-state index in [9.17, 15) is 19.7 Å². The Morgan fingerprint density at radius 2 is 1.91 bits per heavy atom. The number of hydrogen-bond acceptors (Lipinski definition) is 5. The topological polar surface area (TPSA) is 89.8 Å². The number of nitro benzene ring substituents is 1. The van der Waals surface area contributed by atoms with Crippen LogP contribution < -0.4 is 4.90 Å². The first-order chi connectivity index (χ1) is 10.4. The largest absolute Gasteiger partial charge is 0.362 e. The highest BCUT2D eigenvalue weighted by Crippen LogP contribution is 2.52. The minimum Gasteiger partial charge on any atom is -0.362 e. The SMILES string of the molecule is C[C@]12C=C[C@H](O1)[C@@H]1C(=O)N(c3ccc([N+](=O)[O-])cc3)C(=O)[C@@H]12. The molecule has 0 aromatic heterocycles. The number of carbonyl (C=O) groups is 2. The third kappa shape index (κ3) is 1.48. The van der Waals surface area contributed by atoms with Crippen LogP contribution in [0, 0.1) is 22.0 Å². The summed E-state index contributed by atoms with van der Waals surface area (Å²) in [5, 5.41) is 10.7. The van der Waals surface area contributed by atoms with Crippen molar-refractivity contribution in [2.75, 3.05) is 4.90 Å². The van der Waals surface area contributed by atoms with E-state index in [1.165, 1.54) is 24.3 Å². The van der Waals surface area contributed by atoms with Crippen LogP contribution in [0.15, 0.2) is 36.4 Å². The van der Waals surface area contributed by atoms with Crippen molar-refractivity contribution in [3.05, 3.63) is 46.5 Å². The van der Waals surface area contributed by atoms with Gasteiger partial charge < -0.3 is 4.74 Å². The molecular weight excluding hydrogens is 288 g/mol. The molecule has 0 spiro atoms. The molecule has 0 saturated carbocycles. The number of anilines is 1. The molecule has 22 heavy (non-hydrogen) atoms. The van der Waals surface area contributed by atoms with Gasteiger partial charge in [0.05, 0.1) is 34.2 Å². The molecule has 3 heterocycles. The van der Waals surface area contributed by atoms with Crippen molar-refractivity contribution in [1.29, 1.82) is 0 Å². The van der Waals surface area contributed by atoms with Crippen LogP contribution in [0.1, 0.15) is 6.92 Å². The van der Waals surface area contributed by atoms with Crippen molar-refractivity contribution in [1.82, 2.24) is 0 Å². The van der Waals surface area contributed by atoms with Crippen LogP contribution in [0.2, 0.25) is 0 Å². The molecular formula is C15H12N2O5. The molecule has 1 aromatic carbocycles. The van der Waals surface area contributed by atoms with Crippen LogP contribution in [0.25, 0.3) is 0 Å². The zero-order valence-corrected chi connectivity index (χ0v) is 11.6. The average Bonchev–Trinajstić information content (AvgIpc) is 3.08. The Morgan fingerprint density at radius 1 is 1.23 bits per heavy atom. The number of benzene rings is 1. The molecule has 2 saturated heterocycles. The quantitative estimate of drug-likeness (QED) is 0.357. The Labute approximate surface area is 125 Å². The summed E-state index contributed by atoms with van der Waals surface area (Å²) < 4.78 is 5.73. The van der Waals surface area contributed by atoms with Gasteiger partial charge in [-0.3, -0.25) is 19.7 Å². The van der Waals surface area contributed by atoms with Gasteiger partial charge in [0.1, 0.15) is 0 Å². The van der Waals surface area contributed by atoms with Gasteiger partial charge in [0.25, 0.3) is 5.69 Å². The maximum atomic E-state index is 12.7. The third-order valence-corrected chi connectivity index (χ3v) is 4.65. The van der Waals surface area contributed by atoms with Crippen molar-refractivity contribution in [3.63, 3.8) is 0 Å². The zero-order valence-electron chi connectivity index (χ0n) is 11.6. The highest BCUT2D eigenvalue weighted by atomic mass is 16.6. The predicted octanol–water partition coefficient (Wildman–Crippen LogP) is 1.43. The summed E-state index contributed by atoms with van der Waals surface area (Å²) in [7, 11) is 0. The van der Waals surface area contributed by atoms with Crippen LogP contribution in [-0.4, -0.2) is 28.4 Å². The number of carbonyl (C=O) groups excluding carboxylic acids is 2. The lowest BCUT2D eigenvalue weighted by atomic mass is 9.78. The summed E-state index contributed by atoms with van der Waals surface area (Å²) in [6.07, 6.45) is 3.30. The van der Waals surface area contributed by atoms with Crippen LogP contribution in [0.3, 0.4) is 0 Å². The Hall–Kier alpha value is -2.54. The number of rotatable bonds is 2. The Balaban J connectivity index is 1.71. The first-order valence-electron chi connectivity index (χ1n) is 6.92. The van der Waals surface area contributed by atoms with Crippen molar-refractivity contribution in [2.45, 2.75) is 18.6 Å². The molecule has 2 bridgehead atoms. The van der Waals surface area contributed by atoms with Gasteiger partial charge in [-0.2, -0.15) is 0 Å². The predicted molar refractivity (Wildman–Crippen MR) is 75.0 cm³/mol. The number of ether oxygens (including phenoxy) is 1. The minimum atomic E-state index is -0.738. The smallest absolute Gasteiger partial charge is 0.269 e. The number of hydrogen-bond donors (Lipinski definition) is 0. The third-order valence-electron chi connectivity index (χ3n) is 4.65.